The van der Waals surface area contributed by atoms with Gasteiger partial charge in [-0.3, -0.25) is 4.79 Å². The van der Waals surface area contributed by atoms with Crippen molar-refractivity contribution in [3.05, 3.63) is 47.3 Å². The molecule has 0 saturated heterocycles. The molecule has 23 heavy (non-hydrogen) atoms. The van der Waals surface area contributed by atoms with E-state index < -0.39 is 0 Å². The minimum atomic E-state index is -0.197. The molecule has 1 aromatic heterocycles. The zero-order chi connectivity index (χ0) is 17.0. The van der Waals surface area contributed by atoms with Crippen molar-refractivity contribution in [1.29, 1.82) is 0 Å². The zero-order valence-electron chi connectivity index (χ0n) is 14.3. The topological polar surface area (TPSA) is 66.9 Å². The lowest BCUT2D eigenvalue weighted by atomic mass is 9.98. The van der Waals surface area contributed by atoms with E-state index in [1.54, 1.807) is 12.4 Å². The quantitative estimate of drug-likeness (QED) is 0.876. The first-order valence-corrected chi connectivity index (χ1v) is 7.88. The van der Waals surface area contributed by atoms with E-state index in [1.165, 1.54) is 0 Å². The Bertz CT molecular complexity index is 678. The summed E-state index contributed by atoms with van der Waals surface area (Å²) in [5, 5.41) is 6.10. The second-order valence-electron chi connectivity index (χ2n) is 6.24. The molecule has 0 aliphatic heterocycles. The zero-order valence-corrected chi connectivity index (χ0v) is 14.3. The van der Waals surface area contributed by atoms with Crippen molar-refractivity contribution in [3.8, 4) is 0 Å². The van der Waals surface area contributed by atoms with Crippen molar-refractivity contribution in [2.24, 2.45) is 0 Å². The number of hydrogen-bond acceptors (Lipinski definition) is 4. The molecule has 0 unspecified atom stereocenters. The van der Waals surface area contributed by atoms with E-state index in [4.69, 9.17) is 0 Å². The van der Waals surface area contributed by atoms with Gasteiger partial charge in [-0.05, 0) is 37.8 Å². The minimum Gasteiger partial charge on any atom is -0.352 e. The first-order valence-electron chi connectivity index (χ1n) is 7.88. The Hall–Kier alpha value is -2.43. The molecule has 5 heteroatoms. The Labute approximate surface area is 137 Å². The summed E-state index contributed by atoms with van der Waals surface area (Å²) in [5.41, 5.74) is 3.48. The number of carbonyl (C=O) groups is 1. The Kier molecular flexibility index (Phi) is 5.32. The van der Waals surface area contributed by atoms with Gasteiger partial charge in [0.25, 0.3) is 5.91 Å². The van der Waals surface area contributed by atoms with Crippen LogP contribution in [0.5, 0.6) is 0 Å². The van der Waals surface area contributed by atoms with Crippen molar-refractivity contribution in [1.82, 2.24) is 9.97 Å². The molecule has 0 aliphatic rings. The summed E-state index contributed by atoms with van der Waals surface area (Å²) in [5.74, 6) is 0.659. The number of aromatic nitrogens is 2. The van der Waals surface area contributed by atoms with Crippen LogP contribution in [-0.2, 0) is 0 Å². The molecule has 2 rings (SSSR count). The third-order valence-electron chi connectivity index (χ3n) is 3.50. The number of carbonyl (C=O) groups excluding carboxylic acids is 1. The summed E-state index contributed by atoms with van der Waals surface area (Å²) in [6, 6.07) is 6.29. The van der Waals surface area contributed by atoms with Crippen LogP contribution in [0.3, 0.4) is 0 Å². The van der Waals surface area contributed by atoms with Crippen LogP contribution < -0.4 is 10.6 Å². The number of aryl methyl sites for hydroxylation is 1. The molecule has 0 atom stereocenters. The van der Waals surface area contributed by atoms with Crippen molar-refractivity contribution in [2.45, 2.75) is 46.6 Å². The van der Waals surface area contributed by atoms with Gasteiger partial charge in [0.2, 0.25) is 5.95 Å². The van der Waals surface area contributed by atoms with Crippen LogP contribution >= 0.6 is 0 Å². The largest absolute Gasteiger partial charge is 0.352 e. The van der Waals surface area contributed by atoms with Crippen molar-refractivity contribution in [2.75, 3.05) is 10.6 Å². The summed E-state index contributed by atoms with van der Waals surface area (Å²) < 4.78 is 0. The van der Waals surface area contributed by atoms with Crippen LogP contribution in [0.4, 0.5) is 11.6 Å². The predicted octanol–water partition coefficient (Wildman–Crippen LogP) is 3.98. The maximum atomic E-state index is 12.5. The highest BCUT2D eigenvalue weighted by molar-refractivity contribution is 6.04. The molecule has 0 bridgehead atoms. The highest BCUT2D eigenvalue weighted by Gasteiger charge is 2.14. The molecule has 0 fully saturated rings. The van der Waals surface area contributed by atoms with Crippen molar-refractivity contribution < 1.29 is 4.79 Å². The predicted molar refractivity (Wildman–Crippen MR) is 94.0 cm³/mol. The lowest BCUT2D eigenvalue weighted by Crippen LogP contribution is -2.17. The van der Waals surface area contributed by atoms with Gasteiger partial charge in [-0.2, -0.15) is 0 Å². The highest BCUT2D eigenvalue weighted by atomic mass is 16.1. The fraction of sp³-hybridized carbons (Fsp3) is 0.389. The SMILES string of the molecule is Cc1cccc(C(C)C)c1NC(=O)c1cnc(NC(C)C)nc1. The van der Waals surface area contributed by atoms with E-state index in [0.717, 1.165) is 16.8 Å². The summed E-state index contributed by atoms with van der Waals surface area (Å²) in [7, 11) is 0. The molecule has 0 aliphatic carbocycles. The van der Waals surface area contributed by atoms with E-state index in [1.807, 2.05) is 39.0 Å². The van der Waals surface area contributed by atoms with Crippen molar-refractivity contribution >= 4 is 17.5 Å². The molecule has 122 valence electrons. The molecule has 0 saturated carbocycles. The normalized spacial score (nSPS) is 10.9. The average Bonchev–Trinajstić information content (AvgIpc) is 2.49. The molecule has 5 nitrogen and oxygen atoms in total. The second kappa shape index (κ2) is 7.22. The molecule has 0 spiro atoms. The van der Waals surface area contributed by atoms with Gasteiger partial charge in [0.15, 0.2) is 0 Å². The first-order chi connectivity index (χ1) is 10.9. The second-order valence-corrected chi connectivity index (χ2v) is 6.24. The van der Waals surface area contributed by atoms with Gasteiger partial charge < -0.3 is 10.6 Å². The Morgan fingerprint density at radius 1 is 1.09 bits per heavy atom. The van der Waals surface area contributed by atoms with Crippen LogP contribution in [0, 0.1) is 6.92 Å². The summed E-state index contributed by atoms with van der Waals surface area (Å²) in [4.78, 5) is 20.8. The van der Waals surface area contributed by atoms with E-state index in [-0.39, 0.29) is 11.9 Å². The van der Waals surface area contributed by atoms with Gasteiger partial charge in [0.1, 0.15) is 0 Å². The van der Waals surface area contributed by atoms with E-state index >= 15 is 0 Å². The minimum absolute atomic E-state index is 0.197. The Balaban J connectivity index is 2.19. The van der Waals surface area contributed by atoms with Gasteiger partial charge in [0.05, 0.1) is 5.56 Å². The first kappa shape index (κ1) is 16.9. The van der Waals surface area contributed by atoms with Gasteiger partial charge >= 0.3 is 0 Å². The van der Waals surface area contributed by atoms with E-state index in [2.05, 4.69) is 34.4 Å². The highest BCUT2D eigenvalue weighted by Crippen LogP contribution is 2.27. The number of rotatable bonds is 5. The summed E-state index contributed by atoms with van der Waals surface area (Å²) in [6.07, 6.45) is 3.08. The molecule has 1 heterocycles. The fourth-order valence-corrected chi connectivity index (χ4v) is 2.31. The number of hydrogen-bond donors (Lipinski definition) is 2. The van der Waals surface area contributed by atoms with Crippen LogP contribution in [0.25, 0.3) is 0 Å². The van der Waals surface area contributed by atoms with E-state index in [9.17, 15) is 4.79 Å². The lowest BCUT2D eigenvalue weighted by molar-refractivity contribution is 0.102. The summed E-state index contributed by atoms with van der Waals surface area (Å²) >= 11 is 0. The monoisotopic (exact) mass is 312 g/mol. The maximum Gasteiger partial charge on any atom is 0.258 e. The molecule has 0 radical (unpaired) electrons. The number of amides is 1. The number of benzene rings is 1. The van der Waals surface area contributed by atoms with Crippen LogP contribution in [0.2, 0.25) is 0 Å². The molecule has 1 amide bonds. The number of nitrogens with one attached hydrogen (secondary N) is 2. The fourth-order valence-electron chi connectivity index (χ4n) is 2.31. The van der Waals surface area contributed by atoms with Crippen LogP contribution in [0.15, 0.2) is 30.6 Å². The third kappa shape index (κ3) is 4.28. The molecule has 2 N–H and O–H groups in total. The number of nitrogens with zero attached hydrogens (tertiary/aromatic N) is 2. The molecular formula is C18H24N4O. The molecule has 2 aromatic rings. The van der Waals surface area contributed by atoms with Crippen LogP contribution in [-0.4, -0.2) is 21.9 Å². The maximum absolute atomic E-state index is 12.5. The lowest BCUT2D eigenvalue weighted by Gasteiger charge is -2.16. The van der Waals surface area contributed by atoms with Gasteiger partial charge in [-0.1, -0.05) is 32.0 Å². The Morgan fingerprint density at radius 3 is 2.30 bits per heavy atom. The van der Waals surface area contributed by atoms with Gasteiger partial charge in [-0.15, -0.1) is 0 Å². The van der Waals surface area contributed by atoms with Crippen LogP contribution in [0.1, 0.15) is 55.1 Å². The Morgan fingerprint density at radius 2 is 1.74 bits per heavy atom. The van der Waals surface area contributed by atoms with Crippen molar-refractivity contribution in [3.63, 3.8) is 0 Å². The number of para-hydroxylation sites is 1. The third-order valence-corrected chi connectivity index (χ3v) is 3.50. The van der Waals surface area contributed by atoms with Gasteiger partial charge in [0, 0.05) is 24.1 Å². The average molecular weight is 312 g/mol. The molecular weight excluding hydrogens is 288 g/mol. The van der Waals surface area contributed by atoms with E-state index in [0.29, 0.717) is 17.4 Å². The summed E-state index contributed by atoms with van der Waals surface area (Å²) in [6.45, 7) is 10.2. The standard InChI is InChI=1S/C18H24N4O/c1-11(2)15-8-6-7-13(5)16(15)22-17(23)14-9-19-18(20-10-14)21-12(3)4/h6-12H,1-5H3,(H,22,23)(H,19,20,21). The smallest absolute Gasteiger partial charge is 0.258 e. The molecule has 1 aromatic carbocycles. The van der Waals surface area contributed by atoms with Gasteiger partial charge in [-0.25, -0.2) is 9.97 Å². The number of anilines is 2.